The Morgan fingerprint density at radius 1 is 1.16 bits per heavy atom. The Balaban J connectivity index is 2.03. The summed E-state index contributed by atoms with van der Waals surface area (Å²) >= 11 is 3.17. The molecule has 0 aromatic heterocycles. The molecule has 0 spiro atoms. The van der Waals surface area contributed by atoms with Crippen LogP contribution in [0.4, 0.5) is 10.1 Å². The Kier molecular flexibility index (Phi) is 4.47. The summed E-state index contributed by atoms with van der Waals surface area (Å²) in [7, 11) is 0. The Labute approximate surface area is 119 Å². The Morgan fingerprint density at radius 2 is 1.89 bits per heavy atom. The third kappa shape index (κ3) is 4.34. The maximum absolute atomic E-state index is 13.1. The number of rotatable bonds is 3. The standard InChI is InChI=1S/C15H11BrFNO/c16-12-8-13(17)10-14(9-12)18-15(19)7-6-11-4-2-1-3-5-11/h1-10H,(H,18,19). The van der Waals surface area contributed by atoms with Gasteiger partial charge in [0.15, 0.2) is 0 Å². The average Bonchev–Trinajstić information content (AvgIpc) is 2.36. The number of hydrogen-bond acceptors (Lipinski definition) is 1. The smallest absolute Gasteiger partial charge is 0.248 e. The van der Waals surface area contributed by atoms with Crippen molar-refractivity contribution in [3.63, 3.8) is 0 Å². The van der Waals surface area contributed by atoms with Crippen molar-refractivity contribution >= 4 is 33.6 Å². The van der Waals surface area contributed by atoms with Crippen LogP contribution < -0.4 is 5.32 Å². The number of carbonyl (C=O) groups is 1. The predicted octanol–water partition coefficient (Wildman–Crippen LogP) is 4.24. The van der Waals surface area contributed by atoms with Gasteiger partial charge in [-0.15, -0.1) is 0 Å². The Morgan fingerprint density at radius 3 is 2.58 bits per heavy atom. The zero-order chi connectivity index (χ0) is 13.7. The molecule has 0 aliphatic heterocycles. The van der Waals surface area contributed by atoms with Crippen LogP contribution in [0.5, 0.6) is 0 Å². The highest BCUT2D eigenvalue weighted by Crippen LogP contribution is 2.18. The second-order valence-electron chi connectivity index (χ2n) is 3.89. The van der Waals surface area contributed by atoms with Crippen LogP contribution in [-0.2, 0) is 4.79 Å². The summed E-state index contributed by atoms with van der Waals surface area (Å²) in [6, 6.07) is 13.7. The molecule has 2 rings (SSSR count). The van der Waals surface area contributed by atoms with E-state index in [1.165, 1.54) is 18.2 Å². The Bertz CT molecular complexity index is 591. The minimum absolute atomic E-state index is 0.304. The molecule has 0 atom stereocenters. The largest absolute Gasteiger partial charge is 0.322 e. The molecule has 0 aliphatic rings. The zero-order valence-corrected chi connectivity index (χ0v) is 11.5. The van der Waals surface area contributed by atoms with E-state index in [9.17, 15) is 9.18 Å². The fourth-order valence-corrected chi connectivity index (χ4v) is 2.01. The summed E-state index contributed by atoms with van der Waals surface area (Å²) in [4.78, 5) is 11.7. The van der Waals surface area contributed by atoms with Gasteiger partial charge in [-0.1, -0.05) is 46.3 Å². The van der Waals surface area contributed by atoms with Crippen LogP contribution in [0, 0.1) is 5.82 Å². The third-order valence-corrected chi connectivity index (χ3v) is 2.81. The van der Waals surface area contributed by atoms with Crippen molar-refractivity contribution in [2.75, 3.05) is 5.32 Å². The monoisotopic (exact) mass is 319 g/mol. The van der Waals surface area contributed by atoms with Crippen LogP contribution in [0.15, 0.2) is 59.1 Å². The summed E-state index contributed by atoms with van der Waals surface area (Å²) in [6.07, 6.45) is 3.11. The van der Waals surface area contributed by atoms with Crippen molar-refractivity contribution in [3.8, 4) is 0 Å². The maximum atomic E-state index is 13.1. The van der Waals surface area contributed by atoms with Gasteiger partial charge in [0.2, 0.25) is 5.91 Å². The minimum Gasteiger partial charge on any atom is -0.322 e. The van der Waals surface area contributed by atoms with Gasteiger partial charge in [0.1, 0.15) is 5.82 Å². The molecule has 2 nitrogen and oxygen atoms in total. The zero-order valence-electron chi connectivity index (χ0n) is 9.94. The molecule has 0 saturated carbocycles. The SMILES string of the molecule is O=C(C=Cc1ccccc1)Nc1cc(F)cc(Br)c1. The first-order valence-electron chi connectivity index (χ1n) is 5.64. The summed E-state index contributed by atoms with van der Waals surface area (Å²) in [5.74, 6) is -0.710. The fraction of sp³-hybridized carbons (Fsp3) is 0. The molecular formula is C15H11BrFNO. The fourth-order valence-electron chi connectivity index (χ4n) is 1.55. The number of carbonyl (C=O) groups excluding carboxylic acids is 1. The number of amides is 1. The lowest BCUT2D eigenvalue weighted by atomic mass is 10.2. The van der Waals surface area contributed by atoms with E-state index in [1.54, 1.807) is 12.1 Å². The van der Waals surface area contributed by atoms with Gasteiger partial charge in [-0.05, 0) is 29.8 Å². The molecule has 0 unspecified atom stereocenters. The van der Waals surface area contributed by atoms with Crippen molar-refractivity contribution in [1.29, 1.82) is 0 Å². The number of benzene rings is 2. The molecule has 0 saturated heterocycles. The number of hydrogen-bond donors (Lipinski definition) is 1. The highest BCUT2D eigenvalue weighted by atomic mass is 79.9. The highest BCUT2D eigenvalue weighted by molar-refractivity contribution is 9.10. The summed E-state index contributed by atoms with van der Waals surface area (Å²) in [6.45, 7) is 0. The third-order valence-electron chi connectivity index (χ3n) is 2.36. The van der Waals surface area contributed by atoms with Crippen LogP contribution in [0.3, 0.4) is 0 Å². The van der Waals surface area contributed by atoms with E-state index in [4.69, 9.17) is 0 Å². The highest BCUT2D eigenvalue weighted by Gasteiger charge is 2.01. The minimum atomic E-state index is -0.406. The molecule has 4 heteroatoms. The molecule has 1 N–H and O–H groups in total. The van der Waals surface area contributed by atoms with Gasteiger partial charge in [0.25, 0.3) is 0 Å². The molecule has 0 radical (unpaired) electrons. The van der Waals surface area contributed by atoms with E-state index in [1.807, 2.05) is 30.3 Å². The molecule has 0 aliphatic carbocycles. The molecule has 0 fully saturated rings. The van der Waals surface area contributed by atoms with Gasteiger partial charge in [-0.3, -0.25) is 4.79 Å². The molecule has 2 aromatic rings. The van der Waals surface area contributed by atoms with Crippen molar-refractivity contribution < 1.29 is 9.18 Å². The number of halogens is 2. The molecule has 19 heavy (non-hydrogen) atoms. The topological polar surface area (TPSA) is 29.1 Å². The lowest BCUT2D eigenvalue weighted by Crippen LogP contribution is -2.07. The van der Waals surface area contributed by atoms with Crippen LogP contribution in [0.2, 0.25) is 0 Å². The first-order chi connectivity index (χ1) is 9.13. The van der Waals surface area contributed by atoms with Crippen LogP contribution in [0.25, 0.3) is 6.08 Å². The van der Waals surface area contributed by atoms with Gasteiger partial charge in [0.05, 0.1) is 0 Å². The quantitative estimate of drug-likeness (QED) is 0.842. The maximum Gasteiger partial charge on any atom is 0.248 e. The van der Waals surface area contributed by atoms with E-state index in [0.29, 0.717) is 10.2 Å². The van der Waals surface area contributed by atoms with Gasteiger partial charge >= 0.3 is 0 Å². The molecule has 0 bridgehead atoms. The van der Waals surface area contributed by atoms with Crippen molar-refractivity contribution in [2.45, 2.75) is 0 Å². The molecular weight excluding hydrogens is 309 g/mol. The lowest BCUT2D eigenvalue weighted by Gasteiger charge is -2.03. The molecule has 1 amide bonds. The van der Waals surface area contributed by atoms with Crippen LogP contribution in [-0.4, -0.2) is 5.91 Å². The van der Waals surface area contributed by atoms with E-state index in [-0.39, 0.29) is 5.91 Å². The van der Waals surface area contributed by atoms with E-state index >= 15 is 0 Å². The second-order valence-corrected chi connectivity index (χ2v) is 4.81. The van der Waals surface area contributed by atoms with Crippen molar-refractivity contribution in [3.05, 3.63) is 70.5 Å². The van der Waals surface area contributed by atoms with E-state index in [2.05, 4.69) is 21.2 Å². The predicted molar refractivity (Wildman–Crippen MR) is 78.2 cm³/mol. The summed E-state index contributed by atoms with van der Waals surface area (Å²) < 4.78 is 13.7. The number of nitrogens with one attached hydrogen (secondary N) is 1. The van der Waals surface area contributed by atoms with Crippen molar-refractivity contribution in [1.82, 2.24) is 0 Å². The van der Waals surface area contributed by atoms with Crippen LogP contribution >= 0.6 is 15.9 Å². The lowest BCUT2D eigenvalue weighted by molar-refractivity contribution is -0.111. The normalized spacial score (nSPS) is 10.6. The molecule has 96 valence electrons. The molecule has 2 aromatic carbocycles. The van der Waals surface area contributed by atoms with E-state index in [0.717, 1.165) is 5.56 Å². The van der Waals surface area contributed by atoms with Gasteiger partial charge in [-0.2, -0.15) is 0 Å². The van der Waals surface area contributed by atoms with Crippen molar-refractivity contribution in [2.24, 2.45) is 0 Å². The summed E-state index contributed by atoms with van der Waals surface area (Å²) in [5.41, 5.74) is 1.34. The summed E-state index contributed by atoms with van der Waals surface area (Å²) in [5, 5.41) is 2.60. The number of anilines is 1. The van der Waals surface area contributed by atoms with Crippen LogP contribution in [0.1, 0.15) is 5.56 Å². The average molecular weight is 320 g/mol. The second kappa shape index (κ2) is 6.29. The van der Waals surface area contributed by atoms with Gasteiger partial charge < -0.3 is 5.32 Å². The first kappa shape index (κ1) is 13.5. The first-order valence-corrected chi connectivity index (χ1v) is 6.43. The van der Waals surface area contributed by atoms with Gasteiger partial charge in [-0.25, -0.2) is 4.39 Å². The Hall–Kier alpha value is -1.94. The van der Waals surface area contributed by atoms with E-state index < -0.39 is 5.82 Å². The molecule has 0 heterocycles. The van der Waals surface area contributed by atoms with Gasteiger partial charge in [0, 0.05) is 16.2 Å².